The lowest BCUT2D eigenvalue weighted by Crippen LogP contribution is -3.14. The number of benzene rings is 2. The molecular weight excluding hydrogens is 749 g/mol. The topological polar surface area (TPSA) is 442 Å². The lowest BCUT2D eigenvalue weighted by atomic mass is 10.1. The van der Waals surface area contributed by atoms with Crippen molar-refractivity contribution in [3.63, 3.8) is 0 Å². The molecule has 304 valence electrons. The van der Waals surface area contributed by atoms with Crippen LogP contribution in [0.25, 0.3) is 0 Å². The van der Waals surface area contributed by atoms with Crippen molar-refractivity contribution in [2.75, 3.05) is 66.5 Å². The van der Waals surface area contributed by atoms with Crippen molar-refractivity contribution in [1.82, 2.24) is 0 Å². The van der Waals surface area contributed by atoms with Gasteiger partial charge < -0.3 is 80.3 Å². The zero-order valence-electron chi connectivity index (χ0n) is 28.5. The normalized spacial score (nSPS) is 18.0. The van der Waals surface area contributed by atoms with Crippen molar-refractivity contribution < 1.29 is 106 Å². The molecule has 0 aromatic heterocycles. The molecule has 0 unspecified atom stereocenters. The molecular formula is C26H56N6O16S3. The highest BCUT2D eigenvalue weighted by Gasteiger charge is 2.08. The van der Waals surface area contributed by atoms with Crippen LogP contribution in [0.15, 0.2) is 48.5 Å². The smallest absolute Gasteiger partial charge is 0.127 e. The second-order valence-corrected chi connectivity index (χ2v) is 13.3. The Morgan fingerprint density at radius 1 is 0.412 bits per heavy atom. The highest BCUT2D eigenvalue weighted by molar-refractivity contribution is 7.80. The maximum atomic E-state index is 8.52. The third-order valence-electron chi connectivity index (χ3n) is 6.67. The molecule has 2 aromatic carbocycles. The van der Waals surface area contributed by atoms with Gasteiger partial charge in [-0.25, -0.2) is 0 Å². The van der Waals surface area contributed by atoms with E-state index in [0.29, 0.717) is 0 Å². The van der Waals surface area contributed by atoms with Crippen molar-refractivity contribution in [3.8, 4) is 0 Å². The van der Waals surface area contributed by atoms with Gasteiger partial charge in [-0.3, -0.25) is 25.3 Å². The van der Waals surface area contributed by atoms with Gasteiger partial charge in [0.2, 0.25) is 0 Å². The van der Waals surface area contributed by atoms with E-state index in [1.165, 1.54) is 74.6 Å². The quantitative estimate of drug-likeness (QED) is 0.107. The SMILES string of the molecule is C[NH+]1CC[NH2+]Cc2ccc(cc2)C[NH2+]CC[NH+](C)CC[NH2+]Cc2ccc(cc2)C[NH2+]CC1.O.O.O.O.O=S(=O)([O-])[O-].O=S(=O)([O-])[O-].O=S(=O)([O-])[O-]. The van der Waals surface area contributed by atoms with Crippen LogP contribution in [0.2, 0.25) is 0 Å². The summed E-state index contributed by atoms with van der Waals surface area (Å²) in [6.07, 6.45) is 0. The summed E-state index contributed by atoms with van der Waals surface area (Å²) < 4.78 is 102. The fraction of sp³-hybridized carbons (Fsp3) is 0.538. The Balaban J connectivity index is -0.000000314. The number of hydrogen-bond donors (Lipinski definition) is 6. The molecule has 4 aliphatic rings. The minimum atomic E-state index is -5.17. The number of hydrogen-bond acceptors (Lipinski definition) is 12. The van der Waals surface area contributed by atoms with Crippen LogP contribution in [0.5, 0.6) is 0 Å². The van der Waals surface area contributed by atoms with Crippen molar-refractivity contribution in [3.05, 3.63) is 70.8 Å². The van der Waals surface area contributed by atoms with E-state index in [1.54, 1.807) is 9.80 Å². The van der Waals surface area contributed by atoms with E-state index in [9.17, 15) is 0 Å². The Bertz CT molecular complexity index is 1220. The van der Waals surface area contributed by atoms with Gasteiger partial charge in [-0.2, -0.15) is 0 Å². The Labute approximate surface area is 299 Å². The summed E-state index contributed by atoms with van der Waals surface area (Å²) in [4.78, 5) is 3.26. The summed E-state index contributed by atoms with van der Waals surface area (Å²) in [6, 6.07) is 18.5. The largest absolute Gasteiger partial charge is 0.759 e. The maximum absolute atomic E-state index is 8.52. The van der Waals surface area contributed by atoms with Crippen LogP contribution >= 0.6 is 0 Å². The molecule has 51 heavy (non-hydrogen) atoms. The lowest BCUT2D eigenvalue weighted by Gasteiger charge is -2.13. The van der Waals surface area contributed by atoms with E-state index in [2.05, 4.69) is 83.9 Å². The van der Waals surface area contributed by atoms with E-state index in [1.807, 2.05) is 0 Å². The average molecular weight is 805 g/mol. The number of nitrogens with two attached hydrogens (primary N) is 4. The standard InChI is InChI=1S/C26H42N6.3H2O4S.4H2O/c1-31-15-11-27-19-23-3-7-25(8-4-23)21-29-13-17-32(2)18-14-30-22-26-9-5-24(6-10-26)20-28-12-16-31;3*1-5(2,3)4;;;;/h3-10,27-30H,11-22H2,1-2H3;3*(H2,1,2,3,4);4*1H2. The van der Waals surface area contributed by atoms with E-state index in [4.69, 9.17) is 52.6 Å². The number of rotatable bonds is 0. The van der Waals surface area contributed by atoms with E-state index in [0.717, 1.165) is 26.2 Å². The summed E-state index contributed by atoms with van der Waals surface area (Å²) in [5.74, 6) is 0. The van der Waals surface area contributed by atoms with Gasteiger partial charge in [-0.1, -0.05) is 48.5 Å². The molecule has 0 saturated carbocycles. The van der Waals surface area contributed by atoms with Crippen molar-refractivity contribution in [2.45, 2.75) is 26.2 Å². The predicted molar refractivity (Wildman–Crippen MR) is 174 cm³/mol. The molecule has 0 fully saturated rings. The summed E-state index contributed by atoms with van der Waals surface area (Å²) in [5, 5.41) is 9.82. The molecule has 0 radical (unpaired) electrons. The molecule has 0 aliphatic carbocycles. The molecule has 0 spiro atoms. The molecule has 6 rings (SSSR count). The predicted octanol–water partition coefficient (Wildman–Crippen LogP) is -12.6. The molecule has 18 N–H and O–H groups in total. The van der Waals surface area contributed by atoms with Gasteiger partial charge in [0.05, 0.1) is 14.1 Å². The van der Waals surface area contributed by atoms with E-state index >= 15 is 0 Å². The first-order chi connectivity index (χ1) is 21.7. The Hall–Kier alpha value is -2.35. The van der Waals surface area contributed by atoms with Crippen molar-refractivity contribution in [2.24, 2.45) is 0 Å². The van der Waals surface area contributed by atoms with Gasteiger partial charge in [0.25, 0.3) is 0 Å². The Morgan fingerprint density at radius 3 is 0.686 bits per heavy atom. The second-order valence-electron chi connectivity index (χ2n) is 10.9. The van der Waals surface area contributed by atoms with Crippen molar-refractivity contribution >= 4 is 31.2 Å². The molecule has 22 nitrogen and oxygen atoms in total. The number of nitrogens with one attached hydrogen (secondary N) is 2. The fourth-order valence-corrected chi connectivity index (χ4v) is 4.34. The van der Waals surface area contributed by atoms with E-state index < -0.39 is 31.2 Å². The highest BCUT2D eigenvalue weighted by atomic mass is 32.3. The van der Waals surface area contributed by atoms with Gasteiger partial charge in [0, 0.05) is 53.5 Å². The first kappa shape index (κ1) is 58.0. The third-order valence-corrected chi connectivity index (χ3v) is 6.67. The summed E-state index contributed by atoms with van der Waals surface area (Å²) in [7, 11) is -10.8. The molecule has 0 atom stereocenters. The van der Waals surface area contributed by atoms with Crippen molar-refractivity contribution in [1.29, 1.82) is 0 Å². The molecule has 0 amide bonds. The van der Waals surface area contributed by atoms with Crippen LogP contribution in [-0.4, -0.2) is 141 Å². The minimum Gasteiger partial charge on any atom is -0.759 e. The first-order valence-electron chi connectivity index (χ1n) is 14.7. The van der Waals surface area contributed by atoms with E-state index in [-0.39, 0.29) is 21.9 Å². The average Bonchev–Trinajstić information content (AvgIpc) is 2.92. The first-order valence-corrected chi connectivity index (χ1v) is 18.7. The maximum Gasteiger partial charge on any atom is 0.127 e. The van der Waals surface area contributed by atoms with Crippen LogP contribution in [-0.2, 0) is 57.4 Å². The third kappa shape index (κ3) is 47.6. The molecule has 4 aliphatic heterocycles. The minimum absolute atomic E-state index is 0. The van der Waals surface area contributed by atoms with Gasteiger partial charge in [-0.15, -0.1) is 0 Å². The van der Waals surface area contributed by atoms with Crippen LogP contribution in [0, 0.1) is 0 Å². The van der Waals surface area contributed by atoms with Crippen LogP contribution in [0.1, 0.15) is 22.3 Å². The molecule has 2 aromatic rings. The lowest BCUT2D eigenvalue weighted by molar-refractivity contribution is -0.907. The van der Waals surface area contributed by atoms with Crippen LogP contribution < -0.4 is 31.1 Å². The monoisotopic (exact) mass is 804 g/mol. The number of likely N-dealkylation sites (N-methyl/N-ethyl adjacent to an activating group) is 2. The summed E-state index contributed by atoms with van der Waals surface area (Å²) >= 11 is 0. The zero-order valence-corrected chi connectivity index (χ0v) is 31.0. The van der Waals surface area contributed by atoms with Crippen LogP contribution in [0.3, 0.4) is 0 Å². The van der Waals surface area contributed by atoms with Gasteiger partial charge in [0.1, 0.15) is 78.5 Å². The highest BCUT2D eigenvalue weighted by Crippen LogP contribution is 2.02. The van der Waals surface area contributed by atoms with Gasteiger partial charge in [-0.05, 0) is 0 Å². The Morgan fingerprint density at radius 2 is 0.549 bits per heavy atom. The van der Waals surface area contributed by atoms with Gasteiger partial charge >= 0.3 is 0 Å². The molecule has 25 heteroatoms. The van der Waals surface area contributed by atoms with Gasteiger partial charge in [0.15, 0.2) is 0 Å². The second kappa shape index (κ2) is 31.2. The zero-order chi connectivity index (χ0) is 35.9. The van der Waals surface area contributed by atoms with Crippen LogP contribution in [0.4, 0.5) is 0 Å². The number of quaternary nitrogens is 6. The molecule has 4 heterocycles. The molecule has 0 saturated heterocycles. The fourth-order valence-electron chi connectivity index (χ4n) is 4.34. The summed E-state index contributed by atoms with van der Waals surface area (Å²) in [6.45, 7) is 14.0. The summed E-state index contributed by atoms with van der Waals surface area (Å²) in [5.41, 5.74) is 5.75. The molecule has 4 bridgehead atoms. The Kier molecular flexibility index (Phi) is 35.5.